The van der Waals surface area contributed by atoms with Crippen molar-refractivity contribution in [2.24, 2.45) is 0 Å². The van der Waals surface area contributed by atoms with Gasteiger partial charge < -0.3 is 5.32 Å². The number of amides is 1. The largest absolute Gasteiger partial charge is 0.321 e. The van der Waals surface area contributed by atoms with Gasteiger partial charge >= 0.3 is 0 Å². The van der Waals surface area contributed by atoms with Gasteiger partial charge in [-0.25, -0.2) is 0 Å². The average molecular weight is 328 g/mol. The van der Waals surface area contributed by atoms with Gasteiger partial charge in [0.1, 0.15) is 0 Å². The van der Waals surface area contributed by atoms with Gasteiger partial charge in [0, 0.05) is 16.3 Å². The van der Waals surface area contributed by atoms with Crippen LogP contribution in [0.2, 0.25) is 5.02 Å². The summed E-state index contributed by atoms with van der Waals surface area (Å²) in [4.78, 5) is 13.3. The predicted molar refractivity (Wildman–Crippen MR) is 93.9 cm³/mol. The summed E-state index contributed by atoms with van der Waals surface area (Å²) in [5.41, 5.74) is 3.72. The van der Waals surface area contributed by atoms with E-state index in [1.807, 2.05) is 60.8 Å². The van der Waals surface area contributed by atoms with Crippen LogP contribution >= 0.6 is 22.9 Å². The lowest BCUT2D eigenvalue weighted by molar-refractivity contribution is 0.103. The maximum Gasteiger partial charge on any atom is 0.266 e. The van der Waals surface area contributed by atoms with Crippen molar-refractivity contribution in [3.63, 3.8) is 0 Å². The maximum absolute atomic E-state index is 12.6. The molecule has 0 radical (unpaired) electrons. The molecule has 0 aliphatic heterocycles. The number of halogens is 1. The molecule has 0 bridgehead atoms. The van der Waals surface area contributed by atoms with Gasteiger partial charge in [0.05, 0.1) is 4.88 Å². The highest BCUT2D eigenvalue weighted by Crippen LogP contribution is 2.29. The monoisotopic (exact) mass is 327 g/mol. The lowest BCUT2D eigenvalue weighted by Gasteiger charge is -2.09. The van der Waals surface area contributed by atoms with Gasteiger partial charge in [-0.2, -0.15) is 0 Å². The van der Waals surface area contributed by atoms with Crippen LogP contribution in [-0.2, 0) is 0 Å². The third-order valence-electron chi connectivity index (χ3n) is 3.39. The molecule has 0 aliphatic carbocycles. The summed E-state index contributed by atoms with van der Waals surface area (Å²) < 4.78 is 0. The molecule has 2 aromatic carbocycles. The van der Waals surface area contributed by atoms with E-state index < -0.39 is 0 Å². The highest BCUT2D eigenvalue weighted by molar-refractivity contribution is 7.12. The summed E-state index contributed by atoms with van der Waals surface area (Å²) in [5.74, 6) is -0.0979. The van der Waals surface area contributed by atoms with Gasteiger partial charge in [-0.05, 0) is 47.7 Å². The van der Waals surface area contributed by atoms with E-state index in [0.29, 0.717) is 9.90 Å². The summed E-state index contributed by atoms with van der Waals surface area (Å²) in [6, 6.07) is 17.3. The van der Waals surface area contributed by atoms with Crippen molar-refractivity contribution < 1.29 is 4.79 Å². The van der Waals surface area contributed by atoms with Crippen LogP contribution in [0.3, 0.4) is 0 Å². The Morgan fingerprint density at radius 2 is 1.86 bits per heavy atom. The molecule has 0 fully saturated rings. The number of aryl methyl sites for hydroxylation is 1. The maximum atomic E-state index is 12.6. The van der Waals surface area contributed by atoms with Gasteiger partial charge in [-0.1, -0.05) is 41.9 Å². The SMILES string of the molecule is Cc1cc(Cl)ccc1NC(=O)c1sccc1-c1ccccc1. The number of hydrogen-bond acceptors (Lipinski definition) is 2. The minimum atomic E-state index is -0.0979. The highest BCUT2D eigenvalue weighted by Gasteiger charge is 2.15. The molecule has 0 unspecified atom stereocenters. The normalized spacial score (nSPS) is 10.5. The molecule has 1 amide bonds. The Morgan fingerprint density at radius 1 is 1.09 bits per heavy atom. The molecule has 1 heterocycles. The lowest BCUT2D eigenvalue weighted by Crippen LogP contribution is -2.12. The van der Waals surface area contributed by atoms with E-state index in [-0.39, 0.29) is 5.91 Å². The summed E-state index contributed by atoms with van der Waals surface area (Å²) in [6.07, 6.45) is 0. The molecule has 0 atom stereocenters. The van der Waals surface area contributed by atoms with Crippen LogP contribution in [0.5, 0.6) is 0 Å². The second-order valence-electron chi connectivity index (χ2n) is 4.94. The zero-order valence-corrected chi connectivity index (χ0v) is 13.5. The fourth-order valence-corrected chi connectivity index (χ4v) is 3.31. The summed E-state index contributed by atoms with van der Waals surface area (Å²) in [6.45, 7) is 1.92. The quantitative estimate of drug-likeness (QED) is 0.663. The fraction of sp³-hybridized carbons (Fsp3) is 0.0556. The van der Waals surface area contributed by atoms with Gasteiger partial charge in [-0.3, -0.25) is 4.79 Å². The molecule has 3 aromatic rings. The van der Waals surface area contributed by atoms with Crippen LogP contribution in [0, 0.1) is 6.92 Å². The van der Waals surface area contributed by atoms with Crippen molar-refractivity contribution in [3.8, 4) is 11.1 Å². The van der Waals surface area contributed by atoms with E-state index in [2.05, 4.69) is 5.32 Å². The second-order valence-corrected chi connectivity index (χ2v) is 6.30. The van der Waals surface area contributed by atoms with Crippen molar-refractivity contribution in [2.75, 3.05) is 5.32 Å². The first-order valence-electron chi connectivity index (χ1n) is 6.85. The Morgan fingerprint density at radius 3 is 2.59 bits per heavy atom. The number of anilines is 1. The van der Waals surface area contributed by atoms with Crippen LogP contribution in [0.15, 0.2) is 60.0 Å². The molecule has 110 valence electrons. The molecular formula is C18H14ClNOS. The molecule has 0 saturated carbocycles. The van der Waals surface area contributed by atoms with Crippen LogP contribution in [0.25, 0.3) is 11.1 Å². The highest BCUT2D eigenvalue weighted by atomic mass is 35.5. The predicted octanol–water partition coefficient (Wildman–Crippen LogP) is 5.63. The van der Waals surface area contributed by atoms with E-state index in [1.165, 1.54) is 11.3 Å². The van der Waals surface area contributed by atoms with Crippen molar-refractivity contribution >= 4 is 34.5 Å². The lowest BCUT2D eigenvalue weighted by atomic mass is 10.1. The standard InChI is InChI=1S/C18H14ClNOS/c1-12-11-14(19)7-8-16(12)20-18(21)17-15(9-10-22-17)13-5-3-2-4-6-13/h2-11H,1H3,(H,20,21). The number of nitrogens with one attached hydrogen (secondary N) is 1. The number of carbonyl (C=O) groups is 1. The number of hydrogen-bond donors (Lipinski definition) is 1. The molecule has 22 heavy (non-hydrogen) atoms. The Balaban J connectivity index is 1.89. The Bertz CT molecular complexity index is 811. The average Bonchev–Trinajstić information content (AvgIpc) is 3.00. The third kappa shape index (κ3) is 3.06. The first-order chi connectivity index (χ1) is 10.6. The van der Waals surface area contributed by atoms with Crippen molar-refractivity contribution in [1.29, 1.82) is 0 Å². The summed E-state index contributed by atoms with van der Waals surface area (Å²) >= 11 is 7.39. The van der Waals surface area contributed by atoms with E-state index in [1.54, 1.807) is 6.07 Å². The Hall–Kier alpha value is -2.10. The molecular weight excluding hydrogens is 314 g/mol. The van der Waals surface area contributed by atoms with E-state index in [9.17, 15) is 4.79 Å². The molecule has 0 spiro atoms. The molecule has 1 aromatic heterocycles. The van der Waals surface area contributed by atoms with Crippen LogP contribution < -0.4 is 5.32 Å². The smallest absolute Gasteiger partial charge is 0.266 e. The van der Waals surface area contributed by atoms with Crippen LogP contribution in [-0.4, -0.2) is 5.91 Å². The van der Waals surface area contributed by atoms with E-state index in [4.69, 9.17) is 11.6 Å². The minimum absolute atomic E-state index is 0.0979. The zero-order chi connectivity index (χ0) is 15.5. The summed E-state index contributed by atoms with van der Waals surface area (Å²) in [5, 5.41) is 5.56. The number of carbonyl (C=O) groups excluding carboxylic acids is 1. The van der Waals surface area contributed by atoms with Crippen molar-refractivity contribution in [3.05, 3.63) is 75.4 Å². The summed E-state index contributed by atoms with van der Waals surface area (Å²) in [7, 11) is 0. The first-order valence-corrected chi connectivity index (χ1v) is 8.11. The molecule has 4 heteroatoms. The van der Waals surface area contributed by atoms with Gasteiger partial charge in [0.25, 0.3) is 5.91 Å². The fourth-order valence-electron chi connectivity index (χ4n) is 2.28. The van der Waals surface area contributed by atoms with Crippen LogP contribution in [0.1, 0.15) is 15.2 Å². The van der Waals surface area contributed by atoms with Crippen molar-refractivity contribution in [2.45, 2.75) is 6.92 Å². The second kappa shape index (κ2) is 6.34. The van der Waals surface area contributed by atoms with Crippen molar-refractivity contribution in [1.82, 2.24) is 0 Å². The van der Waals surface area contributed by atoms with E-state index >= 15 is 0 Å². The first kappa shape index (κ1) is 14.8. The molecule has 1 N–H and O–H groups in total. The Labute approximate surface area is 138 Å². The topological polar surface area (TPSA) is 29.1 Å². The van der Waals surface area contributed by atoms with Gasteiger partial charge in [0.15, 0.2) is 0 Å². The molecule has 2 nitrogen and oxygen atoms in total. The molecule has 3 rings (SSSR count). The minimum Gasteiger partial charge on any atom is -0.321 e. The number of benzene rings is 2. The Kier molecular flexibility index (Phi) is 4.27. The zero-order valence-electron chi connectivity index (χ0n) is 12.0. The van der Waals surface area contributed by atoms with Crippen LogP contribution in [0.4, 0.5) is 5.69 Å². The molecule has 0 saturated heterocycles. The van der Waals surface area contributed by atoms with E-state index in [0.717, 1.165) is 22.4 Å². The van der Waals surface area contributed by atoms with Gasteiger partial charge in [0.2, 0.25) is 0 Å². The third-order valence-corrected chi connectivity index (χ3v) is 4.54. The number of thiophene rings is 1. The number of rotatable bonds is 3. The van der Waals surface area contributed by atoms with Gasteiger partial charge in [-0.15, -0.1) is 11.3 Å². The molecule has 0 aliphatic rings.